The minimum atomic E-state index is -0.595. The van der Waals surface area contributed by atoms with Crippen LogP contribution >= 0.6 is 0 Å². The lowest BCUT2D eigenvalue weighted by Crippen LogP contribution is -2.34. The summed E-state index contributed by atoms with van der Waals surface area (Å²) in [6.07, 6.45) is 6.70. The smallest absolute Gasteiger partial charge is 0.408 e. The molecule has 0 saturated carbocycles. The van der Waals surface area contributed by atoms with Crippen molar-refractivity contribution < 1.29 is 14.3 Å². The van der Waals surface area contributed by atoms with Crippen molar-refractivity contribution >= 4 is 23.0 Å². The first-order chi connectivity index (χ1) is 14.7. The first-order valence-electron chi connectivity index (χ1n) is 10.3. The molecule has 31 heavy (non-hydrogen) atoms. The maximum absolute atomic E-state index is 12.6. The van der Waals surface area contributed by atoms with Crippen LogP contribution in [0.1, 0.15) is 45.9 Å². The molecule has 0 radical (unpaired) electrons. The van der Waals surface area contributed by atoms with Crippen molar-refractivity contribution in [3.8, 4) is 12.3 Å². The highest BCUT2D eigenvalue weighted by Crippen LogP contribution is 2.36. The summed E-state index contributed by atoms with van der Waals surface area (Å²) in [5.74, 6) is 3.00. The Morgan fingerprint density at radius 1 is 1.19 bits per heavy atom. The van der Waals surface area contributed by atoms with Gasteiger partial charge in [-0.25, -0.2) is 9.78 Å². The second kappa shape index (κ2) is 9.16. The van der Waals surface area contributed by atoms with Crippen LogP contribution < -0.4 is 10.6 Å². The lowest BCUT2D eigenvalue weighted by molar-refractivity contribution is -0.121. The van der Waals surface area contributed by atoms with Crippen molar-refractivity contribution in [2.45, 2.75) is 64.4 Å². The average molecular weight is 425 g/mol. The number of para-hydroxylation sites is 2. The van der Waals surface area contributed by atoms with Gasteiger partial charge in [-0.2, -0.15) is 10.2 Å². The number of nitrogens with one attached hydrogen (secondary N) is 2. The molecule has 2 heterocycles. The van der Waals surface area contributed by atoms with Gasteiger partial charge in [0.2, 0.25) is 5.91 Å². The van der Waals surface area contributed by atoms with Gasteiger partial charge in [0.25, 0.3) is 0 Å². The molecule has 3 rings (SSSR count). The van der Waals surface area contributed by atoms with Crippen LogP contribution in [0.3, 0.4) is 0 Å². The molecule has 1 aromatic heterocycles. The molecule has 2 amide bonds. The first-order valence-corrected chi connectivity index (χ1v) is 10.3. The number of aromatic nitrogens is 2. The van der Waals surface area contributed by atoms with E-state index in [1.54, 1.807) is 25.3 Å². The second-order valence-corrected chi connectivity index (χ2v) is 8.44. The number of terminal acetylenes is 1. The second-order valence-electron chi connectivity index (χ2n) is 8.44. The zero-order valence-corrected chi connectivity index (χ0v) is 18.1. The molecule has 9 heteroatoms. The molecular weight excluding hydrogens is 396 g/mol. The van der Waals surface area contributed by atoms with Gasteiger partial charge in [-0.1, -0.05) is 12.1 Å². The Bertz CT molecular complexity index is 1020. The van der Waals surface area contributed by atoms with Crippen molar-refractivity contribution in [3.05, 3.63) is 30.1 Å². The van der Waals surface area contributed by atoms with E-state index in [2.05, 4.69) is 31.8 Å². The zero-order valence-electron chi connectivity index (χ0n) is 18.1. The number of nitrogens with zero attached hydrogens (tertiary/aromatic N) is 4. The SMILES string of the molecule is C#CCCC1(CCNC(=O)Cn2c(CNC(=O)OC(C)(C)C)nc3ccccc32)N=N1. The molecule has 2 N–H and O–H groups in total. The number of alkyl carbamates (subject to hydrolysis) is 1. The number of imidazole rings is 1. The molecule has 1 aromatic carbocycles. The molecule has 1 aliphatic heterocycles. The Hall–Kier alpha value is -3.41. The first kappa shape index (κ1) is 22.3. The quantitative estimate of drug-likeness (QED) is 0.603. The Morgan fingerprint density at radius 2 is 1.94 bits per heavy atom. The Labute approximate surface area is 181 Å². The lowest BCUT2D eigenvalue weighted by Gasteiger charge is -2.19. The fourth-order valence-corrected chi connectivity index (χ4v) is 3.17. The van der Waals surface area contributed by atoms with Crippen molar-refractivity contribution in [1.82, 2.24) is 20.2 Å². The van der Waals surface area contributed by atoms with Crippen LogP contribution in [0.5, 0.6) is 0 Å². The van der Waals surface area contributed by atoms with Crippen LogP contribution in [0.25, 0.3) is 11.0 Å². The number of ether oxygens (including phenoxy) is 1. The summed E-state index contributed by atoms with van der Waals surface area (Å²) >= 11 is 0. The third kappa shape index (κ3) is 6.28. The van der Waals surface area contributed by atoms with Crippen LogP contribution in [0.2, 0.25) is 0 Å². The van der Waals surface area contributed by atoms with Crippen LogP contribution in [0, 0.1) is 12.3 Å². The maximum atomic E-state index is 12.6. The normalized spacial score (nSPS) is 14.1. The zero-order chi connectivity index (χ0) is 22.5. The molecule has 0 spiro atoms. The molecule has 0 bridgehead atoms. The predicted molar refractivity (Wildman–Crippen MR) is 116 cm³/mol. The van der Waals surface area contributed by atoms with E-state index >= 15 is 0 Å². The van der Waals surface area contributed by atoms with Crippen LogP contribution in [-0.2, 0) is 22.6 Å². The van der Waals surface area contributed by atoms with Gasteiger partial charge in [0.15, 0.2) is 5.66 Å². The minimum Gasteiger partial charge on any atom is -0.444 e. The minimum absolute atomic E-state index is 0.0808. The van der Waals surface area contributed by atoms with Gasteiger partial charge in [0, 0.05) is 25.8 Å². The van der Waals surface area contributed by atoms with Gasteiger partial charge < -0.3 is 19.9 Å². The summed E-state index contributed by atoms with van der Waals surface area (Å²) in [7, 11) is 0. The van der Waals surface area contributed by atoms with Crippen molar-refractivity contribution in [2.24, 2.45) is 10.2 Å². The number of hydrogen-bond donors (Lipinski definition) is 2. The number of fused-ring (bicyclic) bond motifs is 1. The monoisotopic (exact) mass is 424 g/mol. The molecule has 1 aliphatic rings. The number of carbonyl (C=O) groups is 2. The van der Waals surface area contributed by atoms with E-state index in [-0.39, 0.29) is 19.0 Å². The molecule has 0 saturated heterocycles. The molecule has 164 valence electrons. The van der Waals surface area contributed by atoms with Crippen molar-refractivity contribution in [2.75, 3.05) is 6.54 Å². The van der Waals surface area contributed by atoms with E-state index in [1.807, 2.05) is 24.3 Å². The summed E-state index contributed by atoms with van der Waals surface area (Å²) in [6.45, 7) is 6.07. The van der Waals surface area contributed by atoms with E-state index in [0.29, 0.717) is 31.6 Å². The number of carbonyl (C=O) groups excluding carboxylic acids is 2. The molecular formula is C22H28N6O3. The van der Waals surface area contributed by atoms with Gasteiger partial charge in [0.1, 0.15) is 18.0 Å². The number of benzene rings is 1. The highest BCUT2D eigenvalue weighted by Gasteiger charge is 2.38. The van der Waals surface area contributed by atoms with Gasteiger partial charge in [-0.15, -0.1) is 12.3 Å². The lowest BCUT2D eigenvalue weighted by atomic mass is 10.0. The summed E-state index contributed by atoms with van der Waals surface area (Å²) in [4.78, 5) is 29.2. The van der Waals surface area contributed by atoms with Gasteiger partial charge >= 0.3 is 6.09 Å². The Kier molecular flexibility index (Phi) is 6.59. The summed E-state index contributed by atoms with van der Waals surface area (Å²) in [5.41, 5.74) is 0.544. The van der Waals surface area contributed by atoms with E-state index in [0.717, 1.165) is 11.0 Å². The van der Waals surface area contributed by atoms with Crippen LogP contribution in [0.4, 0.5) is 4.79 Å². The summed E-state index contributed by atoms with van der Waals surface area (Å²) < 4.78 is 7.07. The predicted octanol–water partition coefficient (Wildman–Crippen LogP) is 3.14. The average Bonchev–Trinajstić information content (AvgIpc) is 3.38. The molecule has 0 fully saturated rings. The third-order valence-corrected chi connectivity index (χ3v) is 4.73. The molecule has 0 atom stereocenters. The standard InChI is InChI=1S/C22H28N6O3/c1-5-6-11-22(26-27-22)12-13-23-19(29)15-28-17-10-8-7-9-16(17)25-18(28)14-24-20(30)31-21(2,3)4/h1,7-10H,6,11-15H2,2-4H3,(H,23,29)(H,24,30). The maximum Gasteiger partial charge on any atom is 0.408 e. The topological polar surface area (TPSA) is 110 Å². The highest BCUT2D eigenvalue weighted by atomic mass is 16.6. The highest BCUT2D eigenvalue weighted by molar-refractivity contribution is 5.81. The molecule has 9 nitrogen and oxygen atoms in total. The van der Waals surface area contributed by atoms with Crippen LogP contribution in [-0.4, -0.2) is 39.4 Å². The van der Waals surface area contributed by atoms with Crippen molar-refractivity contribution in [1.29, 1.82) is 0 Å². The Morgan fingerprint density at radius 3 is 2.61 bits per heavy atom. The van der Waals surface area contributed by atoms with Gasteiger partial charge in [0.05, 0.1) is 17.6 Å². The number of hydrogen-bond acceptors (Lipinski definition) is 6. The van der Waals surface area contributed by atoms with Crippen molar-refractivity contribution in [3.63, 3.8) is 0 Å². The fourth-order valence-electron chi connectivity index (χ4n) is 3.17. The molecule has 0 aliphatic carbocycles. The molecule has 2 aromatic rings. The summed E-state index contributed by atoms with van der Waals surface area (Å²) in [6, 6.07) is 7.52. The fraction of sp³-hybridized carbons (Fsp3) is 0.500. The largest absolute Gasteiger partial charge is 0.444 e. The van der Waals surface area contributed by atoms with Crippen LogP contribution in [0.15, 0.2) is 34.5 Å². The summed E-state index contributed by atoms with van der Waals surface area (Å²) in [5, 5.41) is 13.8. The van der Waals surface area contributed by atoms with E-state index in [4.69, 9.17) is 11.2 Å². The van der Waals surface area contributed by atoms with Gasteiger partial charge in [-0.3, -0.25) is 4.79 Å². The van der Waals surface area contributed by atoms with Gasteiger partial charge in [-0.05, 0) is 32.9 Å². The number of rotatable bonds is 9. The Balaban J connectivity index is 1.61. The molecule has 0 unspecified atom stereocenters. The number of amides is 2. The van der Waals surface area contributed by atoms with E-state index < -0.39 is 17.4 Å². The van der Waals surface area contributed by atoms with E-state index in [9.17, 15) is 9.59 Å². The van der Waals surface area contributed by atoms with E-state index in [1.165, 1.54) is 0 Å². The third-order valence-electron chi connectivity index (χ3n) is 4.73.